The van der Waals surface area contributed by atoms with Crippen molar-refractivity contribution in [2.45, 2.75) is 46.1 Å². The number of benzene rings is 2. The number of nitrogens with zero attached hydrogens (tertiary/aromatic N) is 2. The summed E-state index contributed by atoms with van der Waals surface area (Å²) in [5, 5.41) is 2.90. The Labute approximate surface area is 179 Å². The van der Waals surface area contributed by atoms with Crippen LogP contribution in [0.25, 0.3) is 0 Å². The lowest BCUT2D eigenvalue weighted by Gasteiger charge is -2.30. The summed E-state index contributed by atoms with van der Waals surface area (Å²) in [6.45, 7) is 7.84. The number of carbonyl (C=O) groups excluding carboxylic acids is 1. The van der Waals surface area contributed by atoms with Crippen LogP contribution in [0, 0.1) is 13.8 Å². The Morgan fingerprint density at radius 2 is 1.70 bits per heavy atom. The second-order valence-electron chi connectivity index (χ2n) is 7.98. The maximum Gasteiger partial charge on any atom is 0.248 e. The fourth-order valence-corrected chi connectivity index (χ4v) is 5.08. The molecule has 0 saturated carbocycles. The second-order valence-corrected chi connectivity index (χ2v) is 9.84. The molecule has 0 radical (unpaired) electrons. The SMILES string of the molecule is CCC(C(=O)Nc1ccc(N2CCCC2)cc1)N(c1ccc(C)c(C)c1)S(C)(=O)=O. The van der Waals surface area contributed by atoms with E-state index >= 15 is 0 Å². The Hall–Kier alpha value is -2.54. The van der Waals surface area contributed by atoms with Crippen molar-refractivity contribution >= 4 is 33.0 Å². The van der Waals surface area contributed by atoms with Gasteiger partial charge in [-0.1, -0.05) is 13.0 Å². The zero-order valence-electron chi connectivity index (χ0n) is 18.2. The van der Waals surface area contributed by atoms with Crippen LogP contribution >= 0.6 is 0 Å². The summed E-state index contributed by atoms with van der Waals surface area (Å²) in [5.74, 6) is -0.338. The molecular weight excluding hydrogens is 398 g/mol. The second kappa shape index (κ2) is 9.08. The lowest BCUT2D eigenvalue weighted by Crippen LogP contribution is -2.47. The van der Waals surface area contributed by atoms with Crippen LogP contribution in [0.2, 0.25) is 0 Å². The molecule has 1 saturated heterocycles. The molecule has 0 spiro atoms. The molecule has 0 bridgehead atoms. The monoisotopic (exact) mass is 429 g/mol. The maximum absolute atomic E-state index is 13.1. The first kappa shape index (κ1) is 22.2. The maximum atomic E-state index is 13.1. The molecule has 0 aromatic heterocycles. The normalized spacial score (nSPS) is 15.1. The third-order valence-electron chi connectivity index (χ3n) is 5.68. The Bertz CT molecular complexity index is 997. The summed E-state index contributed by atoms with van der Waals surface area (Å²) in [4.78, 5) is 15.4. The quantitative estimate of drug-likeness (QED) is 0.720. The molecule has 30 heavy (non-hydrogen) atoms. The molecular formula is C23H31N3O3S. The number of carbonyl (C=O) groups is 1. The summed E-state index contributed by atoms with van der Waals surface area (Å²) < 4.78 is 26.5. The molecule has 0 aliphatic carbocycles. The van der Waals surface area contributed by atoms with Gasteiger partial charge in [0.15, 0.2) is 0 Å². The van der Waals surface area contributed by atoms with Gasteiger partial charge in [-0.15, -0.1) is 0 Å². The molecule has 1 N–H and O–H groups in total. The number of amides is 1. The predicted octanol–water partition coefficient (Wildman–Crippen LogP) is 4.09. The molecule has 2 aromatic carbocycles. The highest BCUT2D eigenvalue weighted by molar-refractivity contribution is 7.92. The minimum absolute atomic E-state index is 0.338. The highest BCUT2D eigenvalue weighted by Crippen LogP contribution is 2.26. The minimum Gasteiger partial charge on any atom is -0.372 e. The van der Waals surface area contributed by atoms with Crippen molar-refractivity contribution in [3.05, 3.63) is 53.6 Å². The average Bonchev–Trinajstić information content (AvgIpc) is 3.22. The molecule has 6 nitrogen and oxygen atoms in total. The van der Waals surface area contributed by atoms with Crippen LogP contribution in [0.1, 0.15) is 37.3 Å². The fourth-order valence-electron chi connectivity index (χ4n) is 3.88. The number of sulfonamides is 1. The smallest absolute Gasteiger partial charge is 0.248 e. The molecule has 1 amide bonds. The summed E-state index contributed by atoms with van der Waals surface area (Å²) >= 11 is 0. The molecule has 3 rings (SSSR count). The molecule has 1 heterocycles. The zero-order valence-corrected chi connectivity index (χ0v) is 19.0. The van der Waals surface area contributed by atoms with Crippen molar-refractivity contribution in [1.29, 1.82) is 0 Å². The van der Waals surface area contributed by atoms with E-state index in [2.05, 4.69) is 10.2 Å². The Morgan fingerprint density at radius 1 is 1.07 bits per heavy atom. The van der Waals surface area contributed by atoms with Crippen LogP contribution in [0.5, 0.6) is 0 Å². The van der Waals surface area contributed by atoms with E-state index in [9.17, 15) is 13.2 Å². The topological polar surface area (TPSA) is 69.7 Å². The van der Waals surface area contributed by atoms with E-state index in [4.69, 9.17) is 0 Å². The molecule has 2 aromatic rings. The van der Waals surface area contributed by atoms with E-state index in [0.717, 1.165) is 36.2 Å². The van der Waals surface area contributed by atoms with Crippen molar-refractivity contribution in [1.82, 2.24) is 0 Å². The van der Waals surface area contributed by atoms with Crippen LogP contribution in [-0.4, -0.2) is 39.7 Å². The fraction of sp³-hybridized carbons (Fsp3) is 0.435. The van der Waals surface area contributed by atoms with Crippen LogP contribution in [0.15, 0.2) is 42.5 Å². The van der Waals surface area contributed by atoms with Gasteiger partial charge < -0.3 is 10.2 Å². The van der Waals surface area contributed by atoms with Gasteiger partial charge in [0.25, 0.3) is 0 Å². The van der Waals surface area contributed by atoms with Gasteiger partial charge in [0.2, 0.25) is 15.9 Å². The van der Waals surface area contributed by atoms with Crippen LogP contribution in [-0.2, 0) is 14.8 Å². The van der Waals surface area contributed by atoms with Crippen LogP contribution in [0.3, 0.4) is 0 Å². The number of aryl methyl sites for hydroxylation is 2. The summed E-state index contributed by atoms with van der Waals surface area (Å²) in [6.07, 6.45) is 3.91. The minimum atomic E-state index is -3.65. The highest BCUT2D eigenvalue weighted by atomic mass is 32.2. The first-order chi connectivity index (χ1) is 14.2. The van der Waals surface area contributed by atoms with E-state index in [-0.39, 0.29) is 5.91 Å². The van der Waals surface area contributed by atoms with E-state index in [1.54, 1.807) is 6.07 Å². The first-order valence-electron chi connectivity index (χ1n) is 10.4. The third kappa shape index (κ3) is 4.95. The van der Waals surface area contributed by atoms with Gasteiger partial charge in [-0.25, -0.2) is 8.42 Å². The molecule has 1 fully saturated rings. The molecule has 1 atom stereocenters. The Balaban J connectivity index is 1.82. The summed E-state index contributed by atoms with van der Waals surface area (Å²) in [5.41, 5.74) is 4.36. The third-order valence-corrected chi connectivity index (χ3v) is 6.86. The van der Waals surface area contributed by atoms with Crippen molar-refractivity contribution in [3.8, 4) is 0 Å². The van der Waals surface area contributed by atoms with Gasteiger partial charge in [0, 0.05) is 24.5 Å². The number of rotatable bonds is 7. The lowest BCUT2D eigenvalue weighted by atomic mass is 10.1. The van der Waals surface area contributed by atoms with E-state index < -0.39 is 16.1 Å². The molecule has 1 aliphatic heterocycles. The lowest BCUT2D eigenvalue weighted by molar-refractivity contribution is -0.117. The largest absolute Gasteiger partial charge is 0.372 e. The summed E-state index contributed by atoms with van der Waals surface area (Å²) in [6, 6.07) is 12.4. The van der Waals surface area contributed by atoms with E-state index in [1.165, 1.54) is 17.1 Å². The van der Waals surface area contributed by atoms with Gasteiger partial charge >= 0.3 is 0 Å². The standard InChI is InChI=1S/C23H31N3O3S/c1-5-22(26(30(4,28)29)21-11-8-17(2)18(3)16-21)23(27)24-19-9-12-20(13-10-19)25-14-6-7-15-25/h8-13,16,22H,5-7,14-15H2,1-4H3,(H,24,27). The van der Waals surface area contributed by atoms with Gasteiger partial charge in [-0.3, -0.25) is 9.10 Å². The van der Waals surface area contributed by atoms with Gasteiger partial charge in [-0.05, 0) is 80.6 Å². The predicted molar refractivity (Wildman–Crippen MR) is 124 cm³/mol. The van der Waals surface area contributed by atoms with Crippen molar-refractivity contribution in [2.24, 2.45) is 0 Å². The van der Waals surface area contributed by atoms with Crippen LogP contribution in [0.4, 0.5) is 17.1 Å². The van der Waals surface area contributed by atoms with E-state index in [1.807, 2.05) is 57.2 Å². The van der Waals surface area contributed by atoms with E-state index in [0.29, 0.717) is 17.8 Å². The van der Waals surface area contributed by atoms with Gasteiger partial charge in [0.1, 0.15) is 6.04 Å². The Kier molecular flexibility index (Phi) is 6.71. The summed E-state index contributed by atoms with van der Waals surface area (Å²) in [7, 11) is -3.65. The number of hydrogen-bond donors (Lipinski definition) is 1. The van der Waals surface area contributed by atoms with Gasteiger partial charge in [0.05, 0.1) is 11.9 Å². The van der Waals surface area contributed by atoms with Gasteiger partial charge in [-0.2, -0.15) is 0 Å². The molecule has 162 valence electrons. The Morgan fingerprint density at radius 3 is 2.23 bits per heavy atom. The number of anilines is 3. The van der Waals surface area contributed by atoms with Crippen molar-refractivity contribution in [2.75, 3.05) is 33.9 Å². The van der Waals surface area contributed by atoms with Crippen molar-refractivity contribution in [3.63, 3.8) is 0 Å². The molecule has 7 heteroatoms. The zero-order chi connectivity index (χ0) is 21.9. The molecule has 1 aliphatic rings. The van der Waals surface area contributed by atoms with Crippen molar-refractivity contribution < 1.29 is 13.2 Å². The number of nitrogens with one attached hydrogen (secondary N) is 1. The highest BCUT2D eigenvalue weighted by Gasteiger charge is 2.31. The first-order valence-corrected chi connectivity index (χ1v) is 12.3. The van der Waals surface area contributed by atoms with Crippen LogP contribution < -0.4 is 14.5 Å². The average molecular weight is 430 g/mol. The molecule has 1 unspecified atom stereocenters. The number of hydrogen-bond acceptors (Lipinski definition) is 4.